The second-order valence-corrected chi connectivity index (χ2v) is 7.73. The second-order valence-electron chi connectivity index (χ2n) is 6.51. The van der Waals surface area contributed by atoms with Gasteiger partial charge in [0.05, 0.1) is 30.2 Å². The molecule has 5 heteroatoms. The minimum absolute atomic E-state index is 0.0143. The van der Waals surface area contributed by atoms with Crippen molar-refractivity contribution in [3.05, 3.63) is 72.3 Å². The molecule has 2 aliphatic rings. The van der Waals surface area contributed by atoms with Gasteiger partial charge >= 0.3 is 0 Å². The number of nitrogens with zero attached hydrogens (tertiary/aromatic N) is 1. The molecule has 0 radical (unpaired) electrons. The summed E-state index contributed by atoms with van der Waals surface area (Å²) >= 11 is 1.80. The Morgan fingerprint density at radius 3 is 2.57 bits per heavy atom. The molecule has 1 amide bonds. The number of allylic oxidation sites excluding steroid dienone is 2. The fourth-order valence-electron chi connectivity index (χ4n) is 3.55. The molecular weight excluding hydrogens is 370 g/mol. The van der Waals surface area contributed by atoms with E-state index in [0.717, 1.165) is 10.6 Å². The fourth-order valence-corrected chi connectivity index (χ4v) is 4.81. The number of thioether (sulfide) groups is 1. The van der Waals surface area contributed by atoms with Crippen LogP contribution in [0, 0.1) is 0 Å². The summed E-state index contributed by atoms with van der Waals surface area (Å²) in [6.45, 7) is 4.91. The Labute approximate surface area is 169 Å². The highest BCUT2D eigenvalue weighted by Crippen LogP contribution is 2.44. The van der Waals surface area contributed by atoms with Gasteiger partial charge in [-0.05, 0) is 44.2 Å². The summed E-state index contributed by atoms with van der Waals surface area (Å²) in [7, 11) is 0. The monoisotopic (exact) mass is 393 g/mol. The van der Waals surface area contributed by atoms with Crippen LogP contribution in [0.4, 0.5) is 5.69 Å². The van der Waals surface area contributed by atoms with Crippen LogP contribution in [-0.2, 0) is 0 Å². The number of amides is 1. The van der Waals surface area contributed by atoms with Crippen molar-refractivity contribution in [1.82, 2.24) is 0 Å². The first-order chi connectivity index (χ1) is 13.7. The first-order valence-electron chi connectivity index (χ1n) is 9.56. The van der Waals surface area contributed by atoms with E-state index in [4.69, 9.17) is 9.47 Å². The molecular formula is C23H23NO3S. The molecule has 4 nitrogen and oxygen atoms in total. The van der Waals surface area contributed by atoms with E-state index in [1.54, 1.807) is 17.8 Å². The molecule has 4 rings (SSSR count). The molecule has 0 unspecified atom stereocenters. The van der Waals surface area contributed by atoms with Crippen molar-refractivity contribution in [3.63, 3.8) is 0 Å². The predicted octanol–water partition coefficient (Wildman–Crippen LogP) is 5.10. The van der Waals surface area contributed by atoms with E-state index in [0.29, 0.717) is 30.3 Å². The summed E-state index contributed by atoms with van der Waals surface area (Å²) < 4.78 is 11.4. The van der Waals surface area contributed by atoms with Gasteiger partial charge < -0.3 is 9.47 Å². The Morgan fingerprint density at radius 2 is 1.75 bits per heavy atom. The van der Waals surface area contributed by atoms with Crippen molar-refractivity contribution in [2.75, 3.05) is 18.1 Å². The minimum atomic E-state index is -0.0355. The molecule has 0 fully saturated rings. The van der Waals surface area contributed by atoms with Crippen molar-refractivity contribution in [1.29, 1.82) is 0 Å². The molecule has 144 valence electrons. The van der Waals surface area contributed by atoms with Crippen LogP contribution in [0.1, 0.15) is 24.2 Å². The van der Waals surface area contributed by atoms with Crippen molar-refractivity contribution in [3.8, 4) is 11.5 Å². The number of hydrogen-bond acceptors (Lipinski definition) is 4. The molecule has 0 saturated heterocycles. The van der Waals surface area contributed by atoms with Gasteiger partial charge in [-0.3, -0.25) is 9.69 Å². The Kier molecular flexibility index (Phi) is 5.44. The molecule has 2 atom stereocenters. The standard InChI is InChI=1S/C23H23NO3S/c1-3-26-19-14-13-16(15-20(19)27-4-2)23(25)24-17-9-5-7-11-21(17)28-22-12-8-6-10-18(22)24/h5-15,17,21H,3-4H2,1-2H3/t17-,21+/m1/s1. The lowest BCUT2D eigenvalue weighted by Crippen LogP contribution is -2.47. The third-order valence-electron chi connectivity index (χ3n) is 4.75. The van der Waals surface area contributed by atoms with Crippen LogP contribution < -0.4 is 14.4 Å². The molecule has 2 aromatic rings. The van der Waals surface area contributed by atoms with Crippen LogP contribution >= 0.6 is 11.8 Å². The first-order valence-corrected chi connectivity index (χ1v) is 10.4. The summed E-state index contributed by atoms with van der Waals surface area (Å²) in [5, 5.41) is 0.206. The topological polar surface area (TPSA) is 38.8 Å². The van der Waals surface area contributed by atoms with E-state index in [-0.39, 0.29) is 17.2 Å². The molecule has 0 aromatic heterocycles. The van der Waals surface area contributed by atoms with Crippen molar-refractivity contribution in [2.24, 2.45) is 0 Å². The number of benzene rings is 2. The van der Waals surface area contributed by atoms with Gasteiger partial charge in [0.15, 0.2) is 11.5 Å². The number of ether oxygens (including phenoxy) is 2. The van der Waals surface area contributed by atoms with Crippen LogP contribution in [0.5, 0.6) is 11.5 Å². The number of hydrogen-bond donors (Lipinski definition) is 0. The van der Waals surface area contributed by atoms with Crippen LogP contribution in [0.15, 0.2) is 71.7 Å². The average molecular weight is 394 g/mol. The Bertz CT molecular complexity index is 937. The largest absolute Gasteiger partial charge is 0.490 e. The quantitative estimate of drug-likeness (QED) is 0.708. The number of carbonyl (C=O) groups is 1. The zero-order valence-electron chi connectivity index (χ0n) is 16.0. The maximum atomic E-state index is 13.6. The highest BCUT2D eigenvalue weighted by molar-refractivity contribution is 8.00. The van der Waals surface area contributed by atoms with Gasteiger partial charge in [-0.25, -0.2) is 0 Å². The molecule has 0 spiro atoms. The minimum Gasteiger partial charge on any atom is -0.490 e. The van der Waals surface area contributed by atoms with E-state index in [1.807, 2.05) is 55.2 Å². The van der Waals surface area contributed by atoms with Crippen molar-refractivity contribution < 1.29 is 14.3 Å². The Morgan fingerprint density at radius 1 is 1.00 bits per heavy atom. The van der Waals surface area contributed by atoms with Crippen molar-refractivity contribution >= 4 is 23.4 Å². The van der Waals surface area contributed by atoms with E-state index in [9.17, 15) is 4.79 Å². The lowest BCUT2D eigenvalue weighted by molar-refractivity contribution is 0.0980. The van der Waals surface area contributed by atoms with Gasteiger partial charge in [-0.1, -0.05) is 36.4 Å². The maximum absolute atomic E-state index is 13.6. The van der Waals surface area contributed by atoms with E-state index >= 15 is 0 Å². The van der Waals surface area contributed by atoms with Gasteiger partial charge in [-0.15, -0.1) is 11.8 Å². The average Bonchev–Trinajstić information content (AvgIpc) is 2.73. The van der Waals surface area contributed by atoms with Gasteiger partial charge in [0.1, 0.15) is 0 Å². The molecule has 1 heterocycles. The summed E-state index contributed by atoms with van der Waals surface area (Å²) in [6, 6.07) is 13.5. The SMILES string of the molecule is CCOc1ccc(C(=O)N2c3ccccc3S[C@H]3C=CC=C[C@H]32)cc1OCC. The van der Waals surface area contributed by atoms with Gasteiger partial charge in [0.2, 0.25) is 0 Å². The zero-order valence-corrected chi connectivity index (χ0v) is 16.8. The number of para-hydroxylation sites is 1. The van der Waals surface area contributed by atoms with Gasteiger partial charge in [0, 0.05) is 10.5 Å². The maximum Gasteiger partial charge on any atom is 0.259 e. The summed E-state index contributed by atoms with van der Waals surface area (Å²) in [5.41, 5.74) is 1.54. The molecule has 2 aromatic carbocycles. The van der Waals surface area contributed by atoms with Crippen LogP contribution in [0.2, 0.25) is 0 Å². The predicted molar refractivity (Wildman–Crippen MR) is 114 cm³/mol. The zero-order chi connectivity index (χ0) is 19.5. The molecule has 28 heavy (non-hydrogen) atoms. The number of anilines is 1. The first kappa shape index (κ1) is 18.7. The van der Waals surface area contributed by atoms with E-state index < -0.39 is 0 Å². The highest BCUT2D eigenvalue weighted by atomic mass is 32.2. The van der Waals surface area contributed by atoms with Gasteiger partial charge in [-0.2, -0.15) is 0 Å². The molecule has 0 bridgehead atoms. The summed E-state index contributed by atoms with van der Waals surface area (Å²) in [5.74, 6) is 1.23. The number of carbonyl (C=O) groups excluding carboxylic acids is 1. The van der Waals surface area contributed by atoms with Gasteiger partial charge in [0.25, 0.3) is 5.91 Å². The van der Waals surface area contributed by atoms with Crippen LogP contribution in [0.25, 0.3) is 0 Å². The fraction of sp³-hybridized carbons (Fsp3) is 0.261. The van der Waals surface area contributed by atoms with Crippen LogP contribution in [0.3, 0.4) is 0 Å². The molecule has 0 N–H and O–H groups in total. The van der Waals surface area contributed by atoms with E-state index in [1.165, 1.54) is 0 Å². The summed E-state index contributed by atoms with van der Waals surface area (Å²) in [6.07, 6.45) is 8.33. The normalized spacial score (nSPS) is 19.7. The lowest BCUT2D eigenvalue weighted by atomic mass is 10.0. The van der Waals surface area contributed by atoms with E-state index in [2.05, 4.69) is 24.3 Å². The van der Waals surface area contributed by atoms with Crippen LogP contribution in [-0.4, -0.2) is 30.4 Å². The Balaban J connectivity index is 1.75. The number of fused-ring (bicyclic) bond motifs is 2. The lowest BCUT2D eigenvalue weighted by Gasteiger charge is -2.40. The van der Waals surface area contributed by atoms with Crippen molar-refractivity contribution in [2.45, 2.75) is 30.0 Å². The summed E-state index contributed by atoms with van der Waals surface area (Å²) in [4.78, 5) is 16.6. The highest BCUT2D eigenvalue weighted by Gasteiger charge is 2.37. The second kappa shape index (κ2) is 8.15. The smallest absolute Gasteiger partial charge is 0.259 e. The number of rotatable bonds is 5. The third kappa shape index (κ3) is 3.42. The molecule has 1 aliphatic carbocycles. The molecule has 1 aliphatic heterocycles. The Hall–Kier alpha value is -2.66. The third-order valence-corrected chi connectivity index (χ3v) is 6.06. The molecule has 0 saturated carbocycles.